The number of aromatic nitrogens is 3. The topological polar surface area (TPSA) is 330 Å². The highest BCUT2D eigenvalue weighted by molar-refractivity contribution is 5.86. The Bertz CT molecular complexity index is 2340. The van der Waals surface area contributed by atoms with Crippen LogP contribution in [-0.4, -0.2) is 249 Å². The molecule has 3 aliphatic heterocycles. The van der Waals surface area contributed by atoms with Crippen molar-refractivity contribution >= 4 is 65.3 Å². The van der Waals surface area contributed by atoms with E-state index in [1.54, 1.807) is 0 Å². The quantitative estimate of drug-likeness (QED) is 0.0441. The van der Waals surface area contributed by atoms with Crippen molar-refractivity contribution in [3.63, 3.8) is 0 Å². The van der Waals surface area contributed by atoms with E-state index in [1.165, 1.54) is 6.42 Å². The minimum atomic E-state index is -1.48. The molecule has 26 nitrogen and oxygen atoms in total. The van der Waals surface area contributed by atoms with Gasteiger partial charge in [-0.3, -0.25) is 33.9 Å². The number of urea groups is 1. The van der Waals surface area contributed by atoms with Gasteiger partial charge >= 0.3 is 35.9 Å². The summed E-state index contributed by atoms with van der Waals surface area (Å²) in [7, 11) is 0. The number of hydrogen-bond acceptors (Lipinski definition) is 18. The average molecular weight is 1180 g/mol. The lowest BCUT2D eigenvalue weighted by molar-refractivity contribution is -0.141. The largest absolute Gasteiger partial charge is 0.481 e. The number of unbranched alkanes of at least 4 members (excludes halogenated alkanes) is 8. The summed E-state index contributed by atoms with van der Waals surface area (Å²) >= 11 is 0. The molecule has 0 radical (unpaired) electrons. The Labute approximate surface area is 495 Å². The van der Waals surface area contributed by atoms with Crippen LogP contribution in [0, 0.1) is 0 Å². The summed E-state index contributed by atoms with van der Waals surface area (Å²) in [6.45, 7) is 17.1. The number of carbonyl (C=O) groups excluding carboxylic acids is 2. The molecule has 1 unspecified atom stereocenters. The van der Waals surface area contributed by atoms with Crippen molar-refractivity contribution in [2.24, 2.45) is 0 Å². The molecule has 84 heavy (non-hydrogen) atoms. The second-order valence-corrected chi connectivity index (χ2v) is 22.4. The summed E-state index contributed by atoms with van der Waals surface area (Å²) in [6.07, 6.45) is 13.0. The van der Waals surface area contributed by atoms with Crippen molar-refractivity contribution in [3.05, 3.63) is 29.8 Å². The van der Waals surface area contributed by atoms with Crippen molar-refractivity contribution in [3.8, 4) is 0 Å². The van der Waals surface area contributed by atoms with Crippen molar-refractivity contribution in [1.82, 2.24) is 55.4 Å². The van der Waals surface area contributed by atoms with Crippen LogP contribution in [0.4, 0.5) is 28.3 Å². The van der Waals surface area contributed by atoms with E-state index in [4.69, 9.17) is 20.1 Å². The number of nitrogens with one attached hydrogen (secondary N) is 4. The van der Waals surface area contributed by atoms with Crippen LogP contribution in [0.3, 0.4) is 0 Å². The predicted octanol–water partition coefficient (Wildman–Crippen LogP) is 3.94. The van der Waals surface area contributed by atoms with E-state index in [1.807, 2.05) is 34.1 Å². The number of likely N-dealkylation sites (N-methyl/N-ethyl adjacent to an activating group) is 2. The third-order valence-electron chi connectivity index (χ3n) is 16.1. The molecule has 3 fully saturated rings. The molecule has 3 aliphatic rings. The van der Waals surface area contributed by atoms with Crippen molar-refractivity contribution in [1.29, 1.82) is 0 Å². The molecule has 26 heteroatoms. The molecule has 1 aromatic heterocycles. The fraction of sp³-hybridized carbons (Fsp3) is 0.724. The van der Waals surface area contributed by atoms with E-state index < -0.39 is 54.4 Å². The monoisotopic (exact) mass is 1180 g/mol. The number of carboxylic acids is 5. The molecule has 1 aromatic carbocycles. The second kappa shape index (κ2) is 37.8. The highest BCUT2D eigenvalue weighted by atomic mass is 16.4. The van der Waals surface area contributed by atoms with Gasteiger partial charge in [-0.25, -0.2) is 14.4 Å². The standard InChI is InChI=1S/C58H96N14O12/c1-3-66-30-31-67(4-2)34-39-72(43-52(78)79)46(41-69(33-32-66)42-51(76)77)40-44-20-22-45(23-21-44)60-55-63-56(70-28-16-11-17-29-70)65-57(64-55)71-37-35-68(36-38-71)27-15-10-8-6-5-7-9-12-19-49(73)59-26-14-13-18-47(53(80)81)61-58(84)62-48(54(82)83)24-25-50(74)75/h20-23,46-48H,3-19,24-43H2,1-2H3,(H,59,73)(H,74,75)(H,76,77)(H,78,79)(H,80,81)(H,82,83)(H2,61,62,84)(H,60,63,64,65)/t46?,47-,48-/m0/s1. The summed E-state index contributed by atoms with van der Waals surface area (Å²) in [5.41, 5.74) is 1.83. The molecule has 3 amide bonds. The number of nitrogens with zero attached hydrogens (tertiary/aromatic N) is 10. The van der Waals surface area contributed by atoms with Gasteiger partial charge in [0.2, 0.25) is 23.8 Å². The van der Waals surface area contributed by atoms with Gasteiger partial charge in [0.25, 0.3) is 0 Å². The van der Waals surface area contributed by atoms with E-state index in [0.717, 1.165) is 161 Å². The fourth-order valence-corrected chi connectivity index (χ4v) is 11.0. The number of rotatable bonds is 35. The van der Waals surface area contributed by atoms with Crippen LogP contribution in [0.15, 0.2) is 24.3 Å². The molecule has 0 saturated carbocycles. The smallest absolute Gasteiger partial charge is 0.326 e. The zero-order valence-corrected chi connectivity index (χ0v) is 49.8. The number of piperazine rings is 1. The van der Waals surface area contributed by atoms with Gasteiger partial charge in [-0.1, -0.05) is 64.5 Å². The summed E-state index contributed by atoms with van der Waals surface area (Å²) in [5.74, 6) is -4.00. The van der Waals surface area contributed by atoms with Gasteiger partial charge in [-0.15, -0.1) is 0 Å². The number of anilines is 4. The Kier molecular flexibility index (Phi) is 30.7. The Morgan fingerprint density at radius 2 is 1.07 bits per heavy atom. The van der Waals surface area contributed by atoms with Crippen LogP contribution in [0.25, 0.3) is 0 Å². The average Bonchev–Trinajstić information content (AvgIpc) is 3.11. The Balaban J connectivity index is 1.01. The SMILES string of the molecule is CCN1CCN(CC)CCN(CC(=O)O)C(Cc2ccc(Nc3nc(N4CCCCC4)nc(N4CCN(CCCCCCCCCCC(=O)NCCCC[C@H](NC(=O)N[C@@H](CCC(=O)O)C(=O)O)C(=O)O)CC4)n3)cc2)CN(CC(=O)O)CC1. The summed E-state index contributed by atoms with van der Waals surface area (Å²) in [4.78, 5) is 113. The maximum absolute atomic E-state index is 12.4. The van der Waals surface area contributed by atoms with Crippen molar-refractivity contribution in [2.75, 3.05) is 139 Å². The molecule has 0 bridgehead atoms. The lowest BCUT2D eigenvalue weighted by Gasteiger charge is -2.37. The van der Waals surface area contributed by atoms with E-state index in [0.29, 0.717) is 69.7 Å². The first kappa shape index (κ1) is 68.3. The van der Waals surface area contributed by atoms with Crippen molar-refractivity contribution < 1.29 is 59.1 Å². The van der Waals surface area contributed by atoms with Gasteiger partial charge in [0.05, 0.1) is 13.1 Å². The van der Waals surface area contributed by atoms with Crippen LogP contribution in [0.5, 0.6) is 0 Å². The van der Waals surface area contributed by atoms with E-state index in [-0.39, 0.29) is 37.9 Å². The second-order valence-electron chi connectivity index (χ2n) is 22.4. The van der Waals surface area contributed by atoms with Crippen LogP contribution in [0.2, 0.25) is 0 Å². The summed E-state index contributed by atoms with van der Waals surface area (Å²) in [5, 5.41) is 58.1. The number of carboxylic acid groups (broad SMARTS) is 5. The van der Waals surface area contributed by atoms with Crippen LogP contribution in [0.1, 0.15) is 129 Å². The number of aliphatic carboxylic acids is 5. The third kappa shape index (κ3) is 26.2. The van der Waals surface area contributed by atoms with Crippen molar-refractivity contribution in [2.45, 2.75) is 148 Å². The Morgan fingerprint density at radius 1 is 0.536 bits per heavy atom. The fourth-order valence-electron chi connectivity index (χ4n) is 11.0. The number of carbonyl (C=O) groups is 7. The predicted molar refractivity (Wildman–Crippen MR) is 319 cm³/mol. The lowest BCUT2D eigenvalue weighted by atomic mass is 10.0. The normalized spacial score (nSPS) is 18.2. The molecule has 5 rings (SSSR count). The minimum Gasteiger partial charge on any atom is -0.481 e. The highest BCUT2D eigenvalue weighted by Crippen LogP contribution is 2.25. The van der Waals surface area contributed by atoms with Crippen LogP contribution >= 0.6 is 0 Å². The molecule has 3 saturated heterocycles. The molecule has 4 heterocycles. The molecular weight excluding hydrogens is 1080 g/mol. The van der Waals surface area contributed by atoms with Crippen LogP contribution < -0.4 is 31.1 Å². The number of amides is 3. The van der Waals surface area contributed by atoms with Gasteiger partial charge in [-0.2, -0.15) is 15.0 Å². The first-order chi connectivity index (χ1) is 40.5. The first-order valence-corrected chi connectivity index (χ1v) is 30.7. The van der Waals surface area contributed by atoms with E-state index in [9.17, 15) is 54.0 Å². The Hall–Kier alpha value is -6.48. The maximum Gasteiger partial charge on any atom is 0.326 e. The van der Waals surface area contributed by atoms with E-state index in [2.05, 4.69) is 59.6 Å². The molecule has 0 aliphatic carbocycles. The van der Waals surface area contributed by atoms with Gasteiger partial charge in [-0.05, 0) is 102 Å². The van der Waals surface area contributed by atoms with Gasteiger partial charge in [0, 0.05) is 116 Å². The molecule has 2 aromatic rings. The summed E-state index contributed by atoms with van der Waals surface area (Å²) in [6, 6.07) is 4.09. The zero-order valence-electron chi connectivity index (χ0n) is 49.8. The molecular formula is C58H96N14O12. The lowest BCUT2D eigenvalue weighted by Crippen LogP contribution is -2.52. The minimum absolute atomic E-state index is 0.0630. The van der Waals surface area contributed by atoms with Gasteiger partial charge in [0.1, 0.15) is 12.1 Å². The molecule has 470 valence electrons. The number of piperidine rings is 1. The first-order valence-electron chi connectivity index (χ1n) is 30.7. The summed E-state index contributed by atoms with van der Waals surface area (Å²) < 4.78 is 0. The molecule has 0 spiro atoms. The molecule has 3 atom stereocenters. The number of hydrogen-bond donors (Lipinski definition) is 9. The third-order valence-corrected chi connectivity index (χ3v) is 16.1. The highest BCUT2D eigenvalue weighted by Gasteiger charge is 2.29. The maximum atomic E-state index is 12.4. The van der Waals surface area contributed by atoms with E-state index >= 15 is 0 Å². The van der Waals surface area contributed by atoms with Crippen LogP contribution in [-0.2, 0) is 35.2 Å². The number of benzene rings is 1. The van der Waals surface area contributed by atoms with Gasteiger partial charge in [0.15, 0.2) is 0 Å². The Morgan fingerprint density at radius 3 is 1.64 bits per heavy atom. The zero-order chi connectivity index (χ0) is 60.6. The van der Waals surface area contributed by atoms with Gasteiger partial charge < -0.3 is 66.4 Å². The molecule has 9 N–H and O–H groups in total.